The number of Topliss-reactive ketones (excluding diaryl/α,β-unsaturated/α-hetero) is 1. The number of carbonyl (C=O) groups excluding carboxylic acids is 2. The summed E-state index contributed by atoms with van der Waals surface area (Å²) in [5.41, 5.74) is 3.31. The first-order chi connectivity index (χ1) is 19.7. The Balaban J connectivity index is 1.43. The van der Waals surface area contributed by atoms with Crippen LogP contribution >= 0.6 is 23.1 Å². The second kappa shape index (κ2) is 10.5. The molecule has 0 spiro atoms. The van der Waals surface area contributed by atoms with E-state index >= 15 is 0 Å². The number of rotatable bonds is 6. The Morgan fingerprint density at radius 3 is 2.37 bits per heavy atom. The lowest BCUT2D eigenvalue weighted by Gasteiger charge is -2.22. The minimum absolute atomic E-state index is 0.143. The van der Waals surface area contributed by atoms with Gasteiger partial charge in [0.2, 0.25) is 5.13 Å². The molecule has 12 heteroatoms. The normalized spacial score (nSPS) is 16.7. The largest absolute Gasteiger partial charge is 0.505 e. The number of hydrogen-bond donors (Lipinski definition) is 1. The van der Waals surface area contributed by atoms with Gasteiger partial charge in [0.25, 0.3) is 5.78 Å². The third-order valence-electron chi connectivity index (χ3n) is 6.82. The summed E-state index contributed by atoms with van der Waals surface area (Å²) >= 11 is 2.45. The summed E-state index contributed by atoms with van der Waals surface area (Å²) in [6.45, 7) is 3.64. The predicted octanol–water partition coefficient (Wildman–Crippen LogP) is 6.00. The lowest BCUT2D eigenvalue weighted by molar-refractivity contribution is -0.132. The fraction of sp³-hybridized carbons (Fsp3) is 0.138. The van der Waals surface area contributed by atoms with Crippen LogP contribution in [0.1, 0.15) is 34.1 Å². The Labute approximate surface area is 241 Å². The monoisotopic (exact) mass is 589 g/mol. The number of carbonyl (C=O) groups is 2. The SMILES string of the molecule is Cc1cccn2c(C)c(C(O)=C3C(=O)C(=O)N(c4nnc(SCc5ccc(F)cc5)s4)C3c3ccc(F)cc3)nc12. The minimum Gasteiger partial charge on any atom is -0.505 e. The van der Waals surface area contributed by atoms with Gasteiger partial charge >= 0.3 is 5.91 Å². The van der Waals surface area contributed by atoms with Gasteiger partial charge in [-0.25, -0.2) is 13.8 Å². The first-order valence-corrected chi connectivity index (χ1v) is 14.2. The van der Waals surface area contributed by atoms with Crippen molar-refractivity contribution in [1.29, 1.82) is 0 Å². The molecule has 41 heavy (non-hydrogen) atoms. The molecule has 3 aromatic heterocycles. The van der Waals surface area contributed by atoms with Crippen LogP contribution in [-0.2, 0) is 15.3 Å². The van der Waals surface area contributed by atoms with E-state index in [1.807, 2.05) is 19.1 Å². The van der Waals surface area contributed by atoms with Gasteiger partial charge in [-0.3, -0.25) is 14.5 Å². The van der Waals surface area contributed by atoms with Crippen molar-refractivity contribution in [3.8, 4) is 0 Å². The summed E-state index contributed by atoms with van der Waals surface area (Å²) in [6, 6.07) is 14.1. The molecule has 0 bridgehead atoms. The van der Waals surface area contributed by atoms with Crippen molar-refractivity contribution < 1.29 is 23.5 Å². The molecular weight excluding hydrogens is 568 g/mol. The second-order valence-corrected chi connectivity index (χ2v) is 11.6. The number of ketones is 1. The fourth-order valence-corrected chi connectivity index (χ4v) is 6.57. The highest BCUT2D eigenvalue weighted by Crippen LogP contribution is 2.44. The number of imidazole rings is 1. The molecule has 1 fully saturated rings. The van der Waals surface area contributed by atoms with E-state index in [2.05, 4.69) is 15.2 Å². The van der Waals surface area contributed by atoms with E-state index in [4.69, 9.17) is 0 Å². The van der Waals surface area contributed by atoms with E-state index in [-0.39, 0.29) is 22.2 Å². The van der Waals surface area contributed by atoms with Crippen LogP contribution in [0.3, 0.4) is 0 Å². The number of hydrogen-bond acceptors (Lipinski definition) is 8. The van der Waals surface area contributed by atoms with E-state index in [1.165, 1.54) is 53.1 Å². The minimum atomic E-state index is -1.09. The number of aryl methyl sites for hydroxylation is 2. The van der Waals surface area contributed by atoms with Crippen molar-refractivity contribution in [3.05, 3.63) is 112 Å². The van der Waals surface area contributed by atoms with Crippen LogP contribution in [0.5, 0.6) is 0 Å². The van der Waals surface area contributed by atoms with Crippen LogP contribution < -0.4 is 4.90 Å². The number of anilines is 1. The van der Waals surface area contributed by atoms with Gasteiger partial charge in [0.15, 0.2) is 10.1 Å². The molecule has 1 saturated heterocycles. The summed E-state index contributed by atoms with van der Waals surface area (Å²) in [5.74, 6) is -2.58. The van der Waals surface area contributed by atoms with Gasteiger partial charge in [0.05, 0.1) is 17.3 Å². The number of thioether (sulfide) groups is 1. The topological polar surface area (TPSA) is 101 Å². The number of amides is 1. The highest BCUT2D eigenvalue weighted by molar-refractivity contribution is 8.00. The van der Waals surface area contributed by atoms with Crippen LogP contribution in [0.15, 0.2) is 76.8 Å². The highest BCUT2D eigenvalue weighted by atomic mass is 32.2. The van der Waals surface area contributed by atoms with E-state index in [9.17, 15) is 23.5 Å². The van der Waals surface area contributed by atoms with Crippen molar-refractivity contribution in [1.82, 2.24) is 19.6 Å². The van der Waals surface area contributed by atoms with Crippen molar-refractivity contribution in [2.45, 2.75) is 30.0 Å². The van der Waals surface area contributed by atoms with E-state index < -0.39 is 29.3 Å². The Kier molecular flexibility index (Phi) is 6.88. The maximum absolute atomic E-state index is 13.9. The van der Waals surface area contributed by atoms with Crippen molar-refractivity contribution in [2.75, 3.05) is 4.90 Å². The van der Waals surface area contributed by atoms with Gasteiger partial charge in [-0.15, -0.1) is 10.2 Å². The number of aliphatic hydroxyl groups excluding tert-OH is 1. The number of benzene rings is 2. The molecule has 1 aliphatic heterocycles. The molecule has 1 N–H and O–H groups in total. The van der Waals surface area contributed by atoms with Crippen LogP contribution in [0.4, 0.5) is 13.9 Å². The molecule has 4 heterocycles. The summed E-state index contributed by atoms with van der Waals surface area (Å²) in [6.07, 6.45) is 1.80. The summed E-state index contributed by atoms with van der Waals surface area (Å²) in [7, 11) is 0. The van der Waals surface area contributed by atoms with Gasteiger partial charge in [0, 0.05) is 11.9 Å². The number of pyridine rings is 1. The van der Waals surface area contributed by atoms with E-state index in [0.29, 0.717) is 27.0 Å². The molecule has 1 aliphatic rings. The summed E-state index contributed by atoms with van der Waals surface area (Å²) < 4.78 is 29.4. The van der Waals surface area contributed by atoms with Crippen LogP contribution in [0.25, 0.3) is 11.4 Å². The molecule has 0 aliphatic carbocycles. The summed E-state index contributed by atoms with van der Waals surface area (Å²) in [4.78, 5) is 32.7. The average Bonchev–Trinajstić information content (AvgIpc) is 3.64. The van der Waals surface area contributed by atoms with Crippen molar-refractivity contribution in [2.24, 2.45) is 0 Å². The predicted molar refractivity (Wildman–Crippen MR) is 152 cm³/mol. The smallest absolute Gasteiger partial charge is 0.301 e. The molecule has 206 valence electrons. The van der Waals surface area contributed by atoms with Crippen LogP contribution in [0.2, 0.25) is 0 Å². The Morgan fingerprint density at radius 1 is 1.00 bits per heavy atom. The molecule has 1 amide bonds. The Bertz CT molecular complexity index is 1850. The zero-order valence-electron chi connectivity index (χ0n) is 21.7. The van der Waals surface area contributed by atoms with Gasteiger partial charge in [-0.1, -0.05) is 53.4 Å². The quantitative estimate of drug-likeness (QED) is 0.0853. The molecule has 0 radical (unpaired) electrons. The third kappa shape index (κ3) is 4.78. The lowest BCUT2D eigenvalue weighted by Crippen LogP contribution is -2.29. The third-order valence-corrected chi connectivity index (χ3v) is 8.94. The van der Waals surface area contributed by atoms with Gasteiger partial charge in [-0.2, -0.15) is 0 Å². The Morgan fingerprint density at radius 2 is 1.68 bits per heavy atom. The van der Waals surface area contributed by atoms with Crippen LogP contribution in [-0.4, -0.2) is 36.4 Å². The number of aliphatic hydroxyl groups is 1. The first-order valence-electron chi connectivity index (χ1n) is 12.4. The molecule has 0 saturated carbocycles. The standard InChI is InChI=1S/C29H21F2N5O3S2/c1-15-4-3-13-35-16(2)22(32-26(15)35)24(37)21-23(18-7-11-20(31)12-8-18)36(27(39)25(21)38)28-33-34-29(41-28)40-14-17-5-9-19(30)10-6-17/h3-13,23,37H,14H2,1-2H3. The average molecular weight is 590 g/mol. The molecular formula is C29H21F2N5O3S2. The molecule has 1 atom stereocenters. The molecule has 2 aromatic carbocycles. The lowest BCUT2D eigenvalue weighted by atomic mass is 9.96. The van der Waals surface area contributed by atoms with Gasteiger partial charge in [-0.05, 0) is 60.9 Å². The van der Waals surface area contributed by atoms with Gasteiger partial charge < -0.3 is 9.51 Å². The van der Waals surface area contributed by atoms with Crippen molar-refractivity contribution >= 4 is 51.3 Å². The van der Waals surface area contributed by atoms with Crippen LogP contribution in [0, 0.1) is 25.5 Å². The molecule has 8 nitrogen and oxygen atoms in total. The molecule has 6 rings (SSSR count). The maximum atomic E-state index is 13.9. The maximum Gasteiger partial charge on any atom is 0.301 e. The van der Waals surface area contributed by atoms with E-state index in [0.717, 1.165) is 22.5 Å². The number of aromatic nitrogens is 4. The Hall–Kier alpha value is -4.42. The zero-order chi connectivity index (χ0) is 28.8. The second-order valence-electron chi connectivity index (χ2n) is 9.42. The first kappa shape index (κ1) is 26.8. The van der Waals surface area contributed by atoms with E-state index in [1.54, 1.807) is 29.7 Å². The van der Waals surface area contributed by atoms with Crippen molar-refractivity contribution in [3.63, 3.8) is 0 Å². The summed E-state index contributed by atoms with van der Waals surface area (Å²) in [5, 5.41) is 20.0. The number of fused-ring (bicyclic) bond motifs is 1. The molecule has 1 unspecified atom stereocenters. The highest BCUT2D eigenvalue weighted by Gasteiger charge is 2.48. The van der Waals surface area contributed by atoms with Gasteiger partial charge in [0.1, 0.15) is 23.0 Å². The molecule has 5 aromatic rings. The zero-order valence-corrected chi connectivity index (χ0v) is 23.3. The fourth-order valence-electron chi connectivity index (χ4n) is 4.75. The number of halogens is 2. The number of nitrogens with zero attached hydrogens (tertiary/aromatic N) is 5.